The lowest BCUT2D eigenvalue weighted by atomic mass is 10.2. The van der Waals surface area contributed by atoms with Crippen molar-refractivity contribution in [1.29, 1.82) is 0 Å². The third-order valence-corrected chi connectivity index (χ3v) is 4.71. The van der Waals surface area contributed by atoms with Crippen LogP contribution in [0.25, 0.3) is 0 Å². The fourth-order valence-corrected chi connectivity index (χ4v) is 3.02. The molecule has 0 heterocycles. The van der Waals surface area contributed by atoms with Crippen molar-refractivity contribution < 1.29 is 58.9 Å². The zero-order chi connectivity index (χ0) is 29.0. The molecular weight excluding hydrogens is 572 g/mol. The Morgan fingerprint density at radius 1 is 0.872 bits per heavy atom. The van der Waals surface area contributed by atoms with Crippen LogP contribution in [0.1, 0.15) is 10.4 Å². The zero-order valence-corrected chi connectivity index (χ0v) is 19.5. The third-order valence-electron chi connectivity index (χ3n) is 4.41. The number of nitrogens with one attached hydrogen (secondary N) is 2. The van der Waals surface area contributed by atoms with Crippen LogP contribution < -0.4 is 20.1 Å². The van der Waals surface area contributed by atoms with Crippen LogP contribution in [-0.4, -0.2) is 30.8 Å². The van der Waals surface area contributed by atoms with Gasteiger partial charge in [-0.05, 0) is 54.6 Å². The number of urea groups is 1. The van der Waals surface area contributed by atoms with Crippen LogP contribution in [0.2, 0.25) is 5.02 Å². The fraction of sp³-hybridized carbons (Fsp3) is 0.130. The lowest BCUT2D eigenvalue weighted by Crippen LogP contribution is -2.41. The highest BCUT2D eigenvalue weighted by molar-refractivity contribution is 6.32. The molecule has 0 bridgehead atoms. The summed E-state index contributed by atoms with van der Waals surface area (Å²) in [6, 6.07) is 9.01. The molecule has 1 atom stereocenters. The number of halogens is 9. The normalized spacial score (nSPS) is 12.4. The van der Waals surface area contributed by atoms with E-state index < -0.39 is 53.7 Å². The zero-order valence-electron chi connectivity index (χ0n) is 18.8. The van der Waals surface area contributed by atoms with Gasteiger partial charge in [-0.1, -0.05) is 17.7 Å². The van der Waals surface area contributed by atoms with E-state index in [4.69, 9.17) is 16.3 Å². The van der Waals surface area contributed by atoms with Crippen molar-refractivity contribution in [2.45, 2.75) is 18.8 Å². The number of benzene rings is 3. The first-order valence-corrected chi connectivity index (χ1v) is 10.6. The van der Waals surface area contributed by atoms with E-state index in [0.717, 1.165) is 42.5 Å². The maximum atomic E-state index is 13.7. The van der Waals surface area contributed by atoms with Crippen LogP contribution in [0.15, 0.2) is 60.7 Å². The molecule has 1 unspecified atom stereocenters. The first kappa shape index (κ1) is 29.4. The molecule has 7 nitrogen and oxygen atoms in total. The molecule has 0 aliphatic rings. The summed E-state index contributed by atoms with van der Waals surface area (Å²) in [4.78, 5) is 24.0. The smallest absolute Gasteiger partial charge is 0.456 e. The Morgan fingerprint density at radius 2 is 1.46 bits per heavy atom. The number of amides is 3. The number of rotatable bonds is 8. The topological polar surface area (TPSA) is 85.9 Å². The lowest BCUT2D eigenvalue weighted by Gasteiger charge is -2.22. The Hall–Kier alpha value is -4.11. The molecule has 3 aromatic carbocycles. The highest BCUT2D eigenvalue weighted by Crippen LogP contribution is 2.35. The Bertz CT molecular complexity index is 1340. The monoisotopic (exact) mass is 584 g/mol. The van der Waals surface area contributed by atoms with Gasteiger partial charge in [0.1, 0.15) is 34.4 Å². The largest absolute Gasteiger partial charge is 0.525 e. The van der Waals surface area contributed by atoms with Gasteiger partial charge in [-0.2, -0.15) is 8.78 Å². The Labute approximate surface area is 218 Å². The number of carbonyl (C=O) groups is 2. The molecule has 0 saturated heterocycles. The van der Waals surface area contributed by atoms with E-state index in [-0.39, 0.29) is 22.2 Å². The number of carbonyl (C=O) groups excluding carboxylic acids is 2. The van der Waals surface area contributed by atoms with E-state index in [1.54, 1.807) is 5.32 Å². The van der Waals surface area contributed by atoms with Gasteiger partial charge < -0.3 is 14.8 Å². The number of ether oxygens (including phenoxy) is 3. The molecule has 16 heteroatoms. The molecule has 0 aliphatic carbocycles. The van der Waals surface area contributed by atoms with Crippen molar-refractivity contribution in [1.82, 2.24) is 5.32 Å². The quantitative estimate of drug-likeness (QED) is 0.274. The molecule has 2 N–H and O–H groups in total. The molecule has 0 saturated carbocycles. The molecule has 0 aliphatic heterocycles. The van der Waals surface area contributed by atoms with Crippen LogP contribution in [0.3, 0.4) is 0 Å². The van der Waals surface area contributed by atoms with Crippen LogP contribution >= 0.6 is 11.6 Å². The van der Waals surface area contributed by atoms with Gasteiger partial charge >= 0.3 is 24.9 Å². The third kappa shape index (κ3) is 8.19. The number of imide groups is 1. The maximum absolute atomic E-state index is 13.7. The highest BCUT2D eigenvalue weighted by atomic mass is 35.5. The van der Waals surface area contributed by atoms with Crippen molar-refractivity contribution in [2.24, 2.45) is 0 Å². The first-order valence-electron chi connectivity index (χ1n) is 10.2. The highest BCUT2D eigenvalue weighted by Gasteiger charge is 2.50. The van der Waals surface area contributed by atoms with Gasteiger partial charge in [0.25, 0.3) is 5.91 Å². The summed E-state index contributed by atoms with van der Waals surface area (Å²) in [5.74, 6) is -4.46. The minimum absolute atomic E-state index is 0.0199. The summed E-state index contributed by atoms with van der Waals surface area (Å²) in [6.45, 7) is 0. The Balaban J connectivity index is 1.59. The average molecular weight is 585 g/mol. The van der Waals surface area contributed by atoms with Gasteiger partial charge in [-0.3, -0.25) is 10.1 Å². The Morgan fingerprint density at radius 3 is 2.03 bits per heavy atom. The van der Waals surface area contributed by atoms with Crippen molar-refractivity contribution in [2.75, 3.05) is 5.32 Å². The average Bonchev–Trinajstić information content (AvgIpc) is 2.80. The molecule has 0 radical (unpaired) electrons. The predicted octanol–water partition coefficient (Wildman–Crippen LogP) is 7.18. The van der Waals surface area contributed by atoms with Crippen LogP contribution in [0.5, 0.6) is 17.2 Å². The van der Waals surface area contributed by atoms with Gasteiger partial charge in [0.15, 0.2) is 0 Å². The van der Waals surface area contributed by atoms with Crippen molar-refractivity contribution >= 4 is 29.2 Å². The molecule has 3 rings (SSSR count). The van der Waals surface area contributed by atoms with Crippen molar-refractivity contribution in [3.8, 4) is 17.2 Å². The molecule has 208 valence electrons. The van der Waals surface area contributed by atoms with E-state index in [2.05, 4.69) is 14.8 Å². The summed E-state index contributed by atoms with van der Waals surface area (Å²) in [5, 5.41) is 3.85. The van der Waals surface area contributed by atoms with Crippen molar-refractivity contribution in [3.63, 3.8) is 0 Å². The lowest BCUT2D eigenvalue weighted by molar-refractivity contribution is -0.411. The molecule has 39 heavy (non-hydrogen) atoms. The van der Waals surface area contributed by atoms with Crippen LogP contribution in [0.4, 0.5) is 45.6 Å². The van der Waals surface area contributed by atoms with E-state index in [9.17, 15) is 44.7 Å². The summed E-state index contributed by atoms with van der Waals surface area (Å²) in [7, 11) is 0. The number of hydrogen-bond donors (Lipinski definition) is 2. The maximum Gasteiger partial charge on any atom is 0.525 e. The van der Waals surface area contributed by atoms with Crippen LogP contribution in [0, 0.1) is 11.6 Å². The standard InChI is InChI=1S/C23H13ClF8N2O5/c24-14-10-11(33-21(36)34-19(35)18-15(25)2-1-3-16(18)26)4-9-17(14)37-12-5-7-13(8-6-12)38-22(28,29)20(27)39-23(30,31)32/h1-10,20H,(H2,33,34,35,36). The predicted molar refractivity (Wildman–Crippen MR) is 118 cm³/mol. The van der Waals surface area contributed by atoms with E-state index in [1.165, 1.54) is 18.2 Å². The van der Waals surface area contributed by atoms with Gasteiger partial charge in [0, 0.05) is 5.69 Å². The van der Waals surface area contributed by atoms with Gasteiger partial charge in [-0.15, -0.1) is 13.2 Å². The Kier molecular flexibility index (Phi) is 8.86. The molecule has 0 aromatic heterocycles. The molecule has 0 fully saturated rings. The van der Waals surface area contributed by atoms with Crippen molar-refractivity contribution in [3.05, 3.63) is 82.9 Å². The van der Waals surface area contributed by atoms with E-state index in [0.29, 0.717) is 0 Å². The van der Waals surface area contributed by atoms with Gasteiger partial charge in [0.2, 0.25) is 0 Å². The fourth-order valence-electron chi connectivity index (χ4n) is 2.80. The second-order valence-electron chi connectivity index (χ2n) is 7.27. The second kappa shape index (κ2) is 11.7. The van der Waals surface area contributed by atoms with Gasteiger partial charge in [0.05, 0.1) is 5.02 Å². The van der Waals surface area contributed by atoms with E-state index >= 15 is 0 Å². The summed E-state index contributed by atoms with van der Waals surface area (Å²) in [5.41, 5.74) is -0.937. The summed E-state index contributed by atoms with van der Waals surface area (Å²) < 4.78 is 115. The second-order valence-corrected chi connectivity index (χ2v) is 7.67. The van der Waals surface area contributed by atoms with Crippen LogP contribution in [-0.2, 0) is 4.74 Å². The molecule has 3 aromatic rings. The first-order chi connectivity index (χ1) is 18.1. The van der Waals surface area contributed by atoms with Gasteiger partial charge in [-0.25, -0.2) is 22.7 Å². The minimum atomic E-state index is -5.66. The minimum Gasteiger partial charge on any atom is -0.456 e. The molecular formula is C23H13ClF8N2O5. The number of hydrogen-bond acceptors (Lipinski definition) is 5. The number of anilines is 1. The summed E-state index contributed by atoms with van der Waals surface area (Å²) in [6.07, 6.45) is -14.7. The number of alkyl halides is 6. The van der Waals surface area contributed by atoms with E-state index in [1.807, 2.05) is 0 Å². The SMILES string of the molecule is O=C(NC(=O)c1c(F)cccc1F)Nc1ccc(Oc2ccc(OC(F)(F)C(F)OC(F)(F)F)cc2)c(Cl)c1. The molecule has 3 amide bonds. The molecule has 0 spiro atoms. The summed E-state index contributed by atoms with van der Waals surface area (Å²) >= 11 is 6.08.